The Balaban J connectivity index is 2.11. The molecule has 0 saturated carbocycles. The standard InChI is InChI=1S/C13H19N3S/c1-13(2,3)11-9-17-12(15-11)8-16-5-4-10(6-14)7-16/h4-5,7,9H,6,8,14H2,1-3H3. The number of thiazole rings is 1. The first-order chi connectivity index (χ1) is 7.99. The smallest absolute Gasteiger partial charge is 0.113 e. The average molecular weight is 249 g/mol. The molecule has 4 heteroatoms. The molecule has 0 aliphatic carbocycles. The summed E-state index contributed by atoms with van der Waals surface area (Å²) in [5, 5.41) is 3.30. The minimum Gasteiger partial charge on any atom is -0.347 e. The van der Waals surface area contributed by atoms with Crippen molar-refractivity contribution in [2.24, 2.45) is 5.73 Å². The fourth-order valence-electron chi connectivity index (χ4n) is 1.59. The molecule has 0 unspecified atom stereocenters. The van der Waals surface area contributed by atoms with Crippen LogP contribution in [0.15, 0.2) is 23.8 Å². The van der Waals surface area contributed by atoms with Crippen molar-refractivity contribution in [1.29, 1.82) is 0 Å². The Bertz CT molecular complexity index is 491. The molecule has 0 aliphatic rings. The van der Waals surface area contributed by atoms with Gasteiger partial charge < -0.3 is 10.3 Å². The Morgan fingerprint density at radius 1 is 1.41 bits per heavy atom. The molecule has 2 rings (SSSR count). The monoisotopic (exact) mass is 249 g/mol. The van der Waals surface area contributed by atoms with Gasteiger partial charge in [0.15, 0.2) is 0 Å². The lowest BCUT2D eigenvalue weighted by atomic mass is 9.93. The van der Waals surface area contributed by atoms with Crippen LogP contribution in [0.1, 0.15) is 37.0 Å². The average Bonchev–Trinajstić information content (AvgIpc) is 2.86. The van der Waals surface area contributed by atoms with Crippen LogP contribution in [0.5, 0.6) is 0 Å². The van der Waals surface area contributed by atoms with Crippen molar-refractivity contribution < 1.29 is 0 Å². The van der Waals surface area contributed by atoms with Gasteiger partial charge in [0.25, 0.3) is 0 Å². The molecule has 0 spiro atoms. The molecule has 0 atom stereocenters. The molecular weight excluding hydrogens is 230 g/mol. The molecule has 17 heavy (non-hydrogen) atoms. The molecule has 0 fully saturated rings. The van der Waals surface area contributed by atoms with E-state index in [9.17, 15) is 0 Å². The van der Waals surface area contributed by atoms with Crippen molar-refractivity contribution >= 4 is 11.3 Å². The molecule has 0 saturated heterocycles. The summed E-state index contributed by atoms with van der Waals surface area (Å²) in [5.41, 5.74) is 8.06. The third-order valence-electron chi connectivity index (χ3n) is 2.69. The van der Waals surface area contributed by atoms with Crippen molar-refractivity contribution in [3.05, 3.63) is 40.1 Å². The van der Waals surface area contributed by atoms with Gasteiger partial charge in [-0.1, -0.05) is 20.8 Å². The fraction of sp³-hybridized carbons (Fsp3) is 0.462. The zero-order valence-electron chi connectivity index (χ0n) is 10.6. The van der Waals surface area contributed by atoms with E-state index in [1.165, 1.54) is 5.69 Å². The summed E-state index contributed by atoms with van der Waals surface area (Å²) in [4.78, 5) is 4.68. The summed E-state index contributed by atoms with van der Waals surface area (Å²) in [6, 6.07) is 2.05. The number of hydrogen-bond acceptors (Lipinski definition) is 3. The van der Waals surface area contributed by atoms with Gasteiger partial charge in [-0.05, 0) is 11.6 Å². The largest absolute Gasteiger partial charge is 0.347 e. The zero-order chi connectivity index (χ0) is 12.5. The van der Waals surface area contributed by atoms with E-state index in [0.29, 0.717) is 6.54 Å². The van der Waals surface area contributed by atoms with Gasteiger partial charge in [0.05, 0.1) is 12.2 Å². The van der Waals surface area contributed by atoms with E-state index in [4.69, 9.17) is 5.73 Å². The highest BCUT2D eigenvalue weighted by Crippen LogP contribution is 2.24. The lowest BCUT2D eigenvalue weighted by Gasteiger charge is -2.14. The number of nitrogens with zero attached hydrogens (tertiary/aromatic N) is 2. The van der Waals surface area contributed by atoms with E-state index < -0.39 is 0 Å². The Labute approximate surface area is 106 Å². The second-order valence-electron chi connectivity index (χ2n) is 5.27. The topological polar surface area (TPSA) is 43.8 Å². The van der Waals surface area contributed by atoms with E-state index in [-0.39, 0.29) is 5.41 Å². The van der Waals surface area contributed by atoms with Crippen LogP contribution in [0.25, 0.3) is 0 Å². The molecule has 0 radical (unpaired) electrons. The molecule has 2 aromatic heterocycles. The maximum atomic E-state index is 5.59. The zero-order valence-corrected chi connectivity index (χ0v) is 11.4. The molecule has 2 heterocycles. The maximum Gasteiger partial charge on any atom is 0.113 e. The molecule has 0 aliphatic heterocycles. The van der Waals surface area contributed by atoms with Crippen LogP contribution in [0.4, 0.5) is 0 Å². The molecular formula is C13H19N3S. The van der Waals surface area contributed by atoms with Gasteiger partial charge in [-0.2, -0.15) is 0 Å². The predicted octanol–water partition coefficient (Wildman–Crippen LogP) is 2.75. The van der Waals surface area contributed by atoms with Crippen LogP contribution in [-0.4, -0.2) is 9.55 Å². The van der Waals surface area contributed by atoms with Crippen LogP contribution < -0.4 is 5.73 Å². The van der Waals surface area contributed by atoms with E-state index in [2.05, 4.69) is 54.2 Å². The van der Waals surface area contributed by atoms with Gasteiger partial charge >= 0.3 is 0 Å². The van der Waals surface area contributed by atoms with Crippen molar-refractivity contribution in [2.75, 3.05) is 0 Å². The molecule has 92 valence electrons. The summed E-state index contributed by atoms with van der Waals surface area (Å²) < 4.78 is 2.13. The highest BCUT2D eigenvalue weighted by molar-refractivity contribution is 7.09. The Morgan fingerprint density at radius 3 is 2.71 bits per heavy atom. The van der Waals surface area contributed by atoms with E-state index >= 15 is 0 Å². The molecule has 0 aromatic carbocycles. The molecule has 0 bridgehead atoms. The Kier molecular flexibility index (Phi) is 3.35. The summed E-state index contributed by atoms with van der Waals surface area (Å²) in [6.07, 6.45) is 4.14. The molecule has 2 aromatic rings. The highest BCUT2D eigenvalue weighted by Gasteiger charge is 2.17. The molecule has 3 nitrogen and oxygen atoms in total. The number of hydrogen-bond donors (Lipinski definition) is 1. The quantitative estimate of drug-likeness (QED) is 0.909. The van der Waals surface area contributed by atoms with Gasteiger partial charge in [-0.3, -0.25) is 0 Å². The SMILES string of the molecule is CC(C)(C)c1csc(Cn2ccc(CN)c2)n1. The first-order valence-electron chi connectivity index (χ1n) is 5.78. The predicted molar refractivity (Wildman–Crippen MR) is 72.2 cm³/mol. The van der Waals surface area contributed by atoms with Gasteiger partial charge in [0.1, 0.15) is 5.01 Å². The van der Waals surface area contributed by atoms with Crippen LogP contribution in [0.3, 0.4) is 0 Å². The lowest BCUT2D eigenvalue weighted by molar-refractivity contribution is 0.569. The van der Waals surface area contributed by atoms with Crippen molar-refractivity contribution in [3.8, 4) is 0 Å². The van der Waals surface area contributed by atoms with E-state index in [1.807, 2.05) is 0 Å². The normalized spacial score (nSPS) is 12.0. The summed E-state index contributed by atoms with van der Waals surface area (Å²) in [7, 11) is 0. The van der Waals surface area contributed by atoms with Gasteiger partial charge in [0, 0.05) is 29.7 Å². The minimum atomic E-state index is 0.133. The third kappa shape index (κ3) is 2.96. The van der Waals surface area contributed by atoms with Crippen molar-refractivity contribution in [2.45, 2.75) is 39.3 Å². The minimum absolute atomic E-state index is 0.133. The fourth-order valence-corrected chi connectivity index (χ4v) is 2.62. The van der Waals surface area contributed by atoms with Crippen LogP contribution >= 0.6 is 11.3 Å². The summed E-state index contributed by atoms with van der Waals surface area (Å²) >= 11 is 1.72. The summed E-state index contributed by atoms with van der Waals surface area (Å²) in [5.74, 6) is 0. The van der Waals surface area contributed by atoms with Gasteiger partial charge in [-0.15, -0.1) is 11.3 Å². The third-order valence-corrected chi connectivity index (χ3v) is 3.52. The Hall–Kier alpha value is -1.13. The maximum absolute atomic E-state index is 5.59. The van der Waals surface area contributed by atoms with E-state index in [0.717, 1.165) is 17.1 Å². The number of nitrogens with two attached hydrogens (primary N) is 1. The van der Waals surface area contributed by atoms with Gasteiger partial charge in [-0.25, -0.2) is 4.98 Å². The second-order valence-corrected chi connectivity index (χ2v) is 6.22. The van der Waals surface area contributed by atoms with Crippen molar-refractivity contribution in [1.82, 2.24) is 9.55 Å². The van der Waals surface area contributed by atoms with Gasteiger partial charge in [0.2, 0.25) is 0 Å². The van der Waals surface area contributed by atoms with Crippen molar-refractivity contribution in [3.63, 3.8) is 0 Å². The highest BCUT2D eigenvalue weighted by atomic mass is 32.1. The first-order valence-corrected chi connectivity index (χ1v) is 6.66. The first kappa shape index (κ1) is 12.3. The molecule has 2 N–H and O–H groups in total. The van der Waals surface area contributed by atoms with E-state index in [1.54, 1.807) is 11.3 Å². The lowest BCUT2D eigenvalue weighted by Crippen LogP contribution is -2.11. The Morgan fingerprint density at radius 2 is 2.18 bits per heavy atom. The van der Waals surface area contributed by atoms with Crippen LogP contribution in [0, 0.1) is 0 Å². The van der Waals surface area contributed by atoms with Crippen LogP contribution in [-0.2, 0) is 18.5 Å². The summed E-state index contributed by atoms with van der Waals surface area (Å²) in [6.45, 7) is 7.99. The molecule has 0 amide bonds. The number of rotatable bonds is 3. The van der Waals surface area contributed by atoms with Crippen LogP contribution in [0.2, 0.25) is 0 Å². The second kappa shape index (κ2) is 4.63. The number of aromatic nitrogens is 2.